The molecule has 0 amide bonds. The maximum atomic E-state index is 12.5. The zero-order valence-corrected chi connectivity index (χ0v) is 17.2. The topological polar surface area (TPSA) is 49.9 Å². The first kappa shape index (κ1) is 19.2. The van der Waals surface area contributed by atoms with E-state index >= 15 is 0 Å². The van der Waals surface area contributed by atoms with Gasteiger partial charge in [-0.3, -0.25) is 4.90 Å². The van der Waals surface area contributed by atoms with Crippen molar-refractivity contribution in [3.05, 3.63) is 53.0 Å². The van der Waals surface area contributed by atoms with E-state index in [2.05, 4.69) is 31.8 Å². The fourth-order valence-corrected chi connectivity index (χ4v) is 4.66. The van der Waals surface area contributed by atoms with Gasteiger partial charge in [0.25, 0.3) is 0 Å². The van der Waals surface area contributed by atoms with E-state index in [-0.39, 0.29) is 5.75 Å². The third-order valence-electron chi connectivity index (χ3n) is 4.65. The molecule has 1 heterocycles. The quantitative estimate of drug-likeness (QED) is 0.693. The van der Waals surface area contributed by atoms with Crippen LogP contribution in [-0.4, -0.2) is 58.9 Å². The lowest BCUT2D eigenvalue weighted by atomic mass is 10.2. The Kier molecular flexibility index (Phi) is 6.21. The van der Waals surface area contributed by atoms with Crippen LogP contribution in [0.25, 0.3) is 0 Å². The molecule has 26 heavy (non-hydrogen) atoms. The first-order valence-corrected chi connectivity index (χ1v) is 11.0. The van der Waals surface area contributed by atoms with Gasteiger partial charge in [0, 0.05) is 37.2 Å². The summed E-state index contributed by atoms with van der Waals surface area (Å²) in [4.78, 5) is 4.88. The molecule has 0 bridgehead atoms. The lowest BCUT2D eigenvalue weighted by Crippen LogP contribution is -2.47. The average Bonchev–Trinajstić information content (AvgIpc) is 2.67. The fraction of sp³-hybridized carbons (Fsp3) is 0.368. The van der Waals surface area contributed by atoms with Gasteiger partial charge < -0.3 is 9.64 Å². The Hall–Kier alpha value is -1.57. The Balaban J connectivity index is 1.55. The summed E-state index contributed by atoms with van der Waals surface area (Å²) in [6.07, 6.45) is 0. The molecule has 140 valence electrons. The summed E-state index contributed by atoms with van der Waals surface area (Å²) in [5, 5.41) is 0. The van der Waals surface area contributed by atoms with Crippen molar-refractivity contribution in [2.75, 3.05) is 50.5 Å². The van der Waals surface area contributed by atoms with E-state index < -0.39 is 9.84 Å². The summed E-state index contributed by atoms with van der Waals surface area (Å²) in [5.74, 6) is 1.02. The Morgan fingerprint density at radius 3 is 2.31 bits per heavy atom. The average molecular weight is 439 g/mol. The van der Waals surface area contributed by atoms with E-state index in [1.165, 1.54) is 0 Å². The zero-order chi connectivity index (χ0) is 18.6. The lowest BCUT2D eigenvalue weighted by Gasteiger charge is -2.36. The van der Waals surface area contributed by atoms with Gasteiger partial charge in [0.2, 0.25) is 0 Å². The number of piperazine rings is 1. The van der Waals surface area contributed by atoms with Gasteiger partial charge in [0.1, 0.15) is 5.75 Å². The van der Waals surface area contributed by atoms with Crippen molar-refractivity contribution in [1.82, 2.24) is 4.90 Å². The van der Waals surface area contributed by atoms with Crippen LogP contribution in [0.4, 0.5) is 5.69 Å². The monoisotopic (exact) mass is 438 g/mol. The Morgan fingerprint density at radius 1 is 1.00 bits per heavy atom. The van der Waals surface area contributed by atoms with Gasteiger partial charge in [-0.05, 0) is 36.4 Å². The molecule has 0 N–H and O–H groups in total. The number of ether oxygens (including phenoxy) is 1. The lowest BCUT2D eigenvalue weighted by molar-refractivity contribution is 0.271. The number of methoxy groups -OCH3 is 1. The van der Waals surface area contributed by atoms with Crippen LogP contribution in [0.5, 0.6) is 5.75 Å². The highest BCUT2D eigenvalue weighted by molar-refractivity contribution is 9.10. The second-order valence-corrected chi connectivity index (χ2v) is 9.30. The van der Waals surface area contributed by atoms with Crippen molar-refractivity contribution in [2.45, 2.75) is 4.90 Å². The van der Waals surface area contributed by atoms with E-state index in [1.54, 1.807) is 31.4 Å². The molecule has 0 spiro atoms. The van der Waals surface area contributed by atoms with Gasteiger partial charge in [-0.2, -0.15) is 0 Å². The highest BCUT2D eigenvalue weighted by Crippen LogP contribution is 2.28. The van der Waals surface area contributed by atoms with Gasteiger partial charge in [-0.1, -0.05) is 28.1 Å². The van der Waals surface area contributed by atoms with Crippen LogP contribution in [0.2, 0.25) is 0 Å². The van der Waals surface area contributed by atoms with E-state index in [0.29, 0.717) is 11.4 Å². The Morgan fingerprint density at radius 2 is 1.65 bits per heavy atom. The predicted octanol–water partition coefficient (Wildman–Crippen LogP) is 3.05. The van der Waals surface area contributed by atoms with Crippen molar-refractivity contribution in [2.24, 2.45) is 0 Å². The minimum atomic E-state index is -3.25. The number of benzene rings is 2. The predicted molar refractivity (Wildman–Crippen MR) is 108 cm³/mol. The molecule has 0 aliphatic carbocycles. The number of anilines is 1. The third-order valence-corrected chi connectivity index (χ3v) is 6.89. The summed E-state index contributed by atoms with van der Waals surface area (Å²) in [7, 11) is -1.57. The first-order chi connectivity index (χ1) is 12.5. The van der Waals surface area contributed by atoms with Crippen LogP contribution in [0.1, 0.15) is 0 Å². The van der Waals surface area contributed by atoms with Crippen LogP contribution in [0.15, 0.2) is 57.9 Å². The molecule has 3 rings (SSSR count). The molecule has 1 saturated heterocycles. The summed E-state index contributed by atoms with van der Waals surface area (Å²) in [6.45, 7) is 3.96. The minimum Gasteiger partial charge on any atom is -0.495 e. The minimum absolute atomic E-state index is 0.142. The SMILES string of the molecule is COc1ccccc1N1CCN(CCS(=O)(=O)c2ccc(Br)cc2)CC1. The second-order valence-electron chi connectivity index (χ2n) is 6.27. The molecule has 0 saturated carbocycles. The van der Waals surface area contributed by atoms with Crippen LogP contribution in [0, 0.1) is 0 Å². The van der Waals surface area contributed by atoms with Crippen molar-refractivity contribution in [1.29, 1.82) is 0 Å². The number of rotatable bonds is 6. The number of hydrogen-bond donors (Lipinski definition) is 0. The number of hydrogen-bond acceptors (Lipinski definition) is 5. The smallest absolute Gasteiger partial charge is 0.179 e. The van der Waals surface area contributed by atoms with Crippen molar-refractivity contribution in [3.8, 4) is 5.75 Å². The third kappa shape index (κ3) is 4.58. The van der Waals surface area contributed by atoms with Gasteiger partial charge in [-0.15, -0.1) is 0 Å². The van der Waals surface area contributed by atoms with Gasteiger partial charge >= 0.3 is 0 Å². The highest BCUT2D eigenvalue weighted by atomic mass is 79.9. The maximum absolute atomic E-state index is 12.5. The number of para-hydroxylation sites is 2. The largest absolute Gasteiger partial charge is 0.495 e. The summed E-state index contributed by atoms with van der Waals surface area (Å²) < 4.78 is 31.3. The molecule has 5 nitrogen and oxygen atoms in total. The molecule has 0 radical (unpaired) electrons. The Bertz CT molecular complexity index is 832. The van der Waals surface area contributed by atoms with E-state index in [1.807, 2.05) is 18.2 Å². The first-order valence-electron chi connectivity index (χ1n) is 8.58. The van der Waals surface area contributed by atoms with Crippen molar-refractivity contribution >= 4 is 31.5 Å². The zero-order valence-electron chi connectivity index (χ0n) is 14.8. The molecule has 1 aliphatic heterocycles. The molecule has 0 atom stereocenters. The second kappa shape index (κ2) is 8.41. The van der Waals surface area contributed by atoms with Gasteiger partial charge in [0.15, 0.2) is 9.84 Å². The van der Waals surface area contributed by atoms with E-state index in [9.17, 15) is 8.42 Å². The number of nitrogens with zero attached hydrogens (tertiary/aromatic N) is 2. The number of halogens is 1. The molecule has 7 heteroatoms. The van der Waals surface area contributed by atoms with Crippen molar-refractivity contribution < 1.29 is 13.2 Å². The molecule has 2 aromatic carbocycles. The summed E-state index contributed by atoms with van der Waals surface area (Å²) >= 11 is 3.33. The summed E-state index contributed by atoms with van der Waals surface area (Å²) in [5.41, 5.74) is 1.09. The molecular weight excluding hydrogens is 416 g/mol. The van der Waals surface area contributed by atoms with Gasteiger partial charge in [0.05, 0.1) is 23.4 Å². The normalized spacial score (nSPS) is 15.8. The molecule has 1 aliphatic rings. The van der Waals surface area contributed by atoms with E-state index in [4.69, 9.17) is 4.74 Å². The van der Waals surface area contributed by atoms with Crippen LogP contribution in [0.3, 0.4) is 0 Å². The standard InChI is InChI=1S/C19H23BrN2O3S/c1-25-19-5-3-2-4-18(19)22-12-10-21(11-13-22)14-15-26(23,24)17-8-6-16(20)7-9-17/h2-9H,10-15H2,1H3. The van der Waals surface area contributed by atoms with E-state index in [0.717, 1.165) is 42.1 Å². The van der Waals surface area contributed by atoms with Gasteiger partial charge in [-0.25, -0.2) is 8.42 Å². The number of sulfone groups is 1. The van der Waals surface area contributed by atoms with Crippen LogP contribution in [-0.2, 0) is 9.84 Å². The summed E-state index contributed by atoms with van der Waals surface area (Å²) in [6, 6.07) is 14.8. The molecule has 2 aromatic rings. The van der Waals surface area contributed by atoms with Crippen molar-refractivity contribution in [3.63, 3.8) is 0 Å². The Labute approximate surface area is 163 Å². The highest BCUT2D eigenvalue weighted by Gasteiger charge is 2.22. The fourth-order valence-electron chi connectivity index (χ4n) is 3.11. The molecule has 1 fully saturated rings. The van der Waals surface area contributed by atoms with Crippen LogP contribution >= 0.6 is 15.9 Å². The molecule has 0 unspecified atom stereocenters. The molecular formula is C19H23BrN2O3S. The molecule has 0 aromatic heterocycles. The van der Waals surface area contributed by atoms with Crippen LogP contribution < -0.4 is 9.64 Å². The maximum Gasteiger partial charge on any atom is 0.179 e.